The van der Waals surface area contributed by atoms with Crippen LogP contribution in [0, 0.1) is 0 Å². The van der Waals surface area contributed by atoms with E-state index in [2.05, 4.69) is 10.5 Å². The Morgan fingerprint density at radius 2 is 1.52 bits per heavy atom. The summed E-state index contributed by atoms with van der Waals surface area (Å²) in [6.07, 6.45) is 0. The molecule has 1 amide bonds. The van der Waals surface area contributed by atoms with Gasteiger partial charge in [0.15, 0.2) is 0 Å². The van der Waals surface area contributed by atoms with Gasteiger partial charge in [0.2, 0.25) is 0 Å². The predicted molar refractivity (Wildman–Crippen MR) is 121 cm³/mol. The highest BCUT2D eigenvalue weighted by molar-refractivity contribution is 7.92. The van der Waals surface area contributed by atoms with Gasteiger partial charge in [-0.05, 0) is 48.9 Å². The van der Waals surface area contributed by atoms with Crippen molar-refractivity contribution in [3.8, 4) is 5.75 Å². The van der Waals surface area contributed by atoms with Gasteiger partial charge in [0.25, 0.3) is 15.9 Å². The van der Waals surface area contributed by atoms with Crippen molar-refractivity contribution in [1.29, 1.82) is 0 Å². The van der Waals surface area contributed by atoms with Crippen LogP contribution in [0.5, 0.6) is 5.75 Å². The molecule has 0 radical (unpaired) electrons. The molecule has 0 heterocycles. The van der Waals surface area contributed by atoms with Crippen LogP contribution in [0.2, 0.25) is 0 Å². The predicted octanol–water partition coefficient (Wildman–Crippen LogP) is 3.43. The van der Waals surface area contributed by atoms with Gasteiger partial charge in [-0.15, -0.1) is 0 Å². The summed E-state index contributed by atoms with van der Waals surface area (Å²) in [4.78, 5) is 12.7. The summed E-state index contributed by atoms with van der Waals surface area (Å²) in [5.41, 5.74) is 4.24. The number of carbonyl (C=O) groups excluding carboxylic acids is 1. The maximum Gasteiger partial charge on any atom is 0.264 e. The van der Waals surface area contributed by atoms with Crippen molar-refractivity contribution < 1.29 is 17.9 Å². The summed E-state index contributed by atoms with van der Waals surface area (Å²) in [6, 6.07) is 23.8. The third-order valence-corrected chi connectivity index (χ3v) is 6.31. The van der Waals surface area contributed by atoms with Gasteiger partial charge in [-0.3, -0.25) is 9.10 Å². The zero-order chi connectivity index (χ0) is 22.3. The quantitative estimate of drug-likeness (QED) is 0.432. The number of nitrogens with zero attached hydrogens (tertiary/aromatic N) is 2. The zero-order valence-electron chi connectivity index (χ0n) is 17.2. The number of ether oxygens (including phenoxy) is 1. The second kappa shape index (κ2) is 9.90. The second-order valence-corrected chi connectivity index (χ2v) is 8.48. The van der Waals surface area contributed by atoms with Gasteiger partial charge in [0, 0.05) is 0 Å². The Bertz CT molecular complexity index is 1150. The standard InChI is InChI=1S/C23H23N3O4S/c1-18(19-9-5-3-6-10-19)24-25-23(27)17-26(20-13-15-21(30-2)16-14-20)31(28,29)22-11-7-4-8-12-22/h3-16H,17H2,1-2H3,(H,25,27)/b24-18-. The fourth-order valence-corrected chi connectivity index (χ4v) is 4.28. The number of hydrogen-bond acceptors (Lipinski definition) is 5. The Kier molecular flexibility index (Phi) is 7.04. The van der Waals surface area contributed by atoms with E-state index in [0.717, 1.165) is 9.87 Å². The molecule has 1 N–H and O–H groups in total. The topological polar surface area (TPSA) is 88.1 Å². The summed E-state index contributed by atoms with van der Waals surface area (Å²) in [5.74, 6) is 0.0129. The van der Waals surface area contributed by atoms with Gasteiger partial charge in [-0.1, -0.05) is 48.5 Å². The summed E-state index contributed by atoms with van der Waals surface area (Å²) in [5, 5.41) is 4.10. The summed E-state index contributed by atoms with van der Waals surface area (Å²) in [7, 11) is -2.45. The maximum atomic E-state index is 13.3. The van der Waals surface area contributed by atoms with E-state index in [1.54, 1.807) is 49.4 Å². The van der Waals surface area contributed by atoms with Crippen molar-refractivity contribution in [3.05, 3.63) is 90.5 Å². The van der Waals surface area contributed by atoms with E-state index in [0.29, 0.717) is 17.1 Å². The van der Waals surface area contributed by atoms with Crippen molar-refractivity contribution in [2.75, 3.05) is 18.0 Å². The van der Waals surface area contributed by atoms with Crippen LogP contribution in [0.25, 0.3) is 0 Å². The van der Waals surface area contributed by atoms with Crippen molar-refractivity contribution in [1.82, 2.24) is 5.43 Å². The zero-order valence-corrected chi connectivity index (χ0v) is 18.0. The number of methoxy groups -OCH3 is 1. The minimum atomic E-state index is -3.98. The normalized spacial score (nSPS) is 11.6. The highest BCUT2D eigenvalue weighted by atomic mass is 32.2. The molecule has 0 bridgehead atoms. The van der Waals surface area contributed by atoms with Crippen molar-refractivity contribution in [2.24, 2.45) is 5.10 Å². The fourth-order valence-electron chi connectivity index (χ4n) is 2.84. The van der Waals surface area contributed by atoms with Crippen LogP contribution in [-0.4, -0.2) is 33.7 Å². The van der Waals surface area contributed by atoms with Gasteiger partial charge < -0.3 is 4.74 Å². The molecule has 0 aliphatic heterocycles. The average Bonchev–Trinajstić information content (AvgIpc) is 2.82. The van der Waals surface area contributed by atoms with Crippen molar-refractivity contribution in [3.63, 3.8) is 0 Å². The lowest BCUT2D eigenvalue weighted by molar-refractivity contribution is -0.119. The van der Waals surface area contributed by atoms with Crippen LogP contribution in [-0.2, 0) is 14.8 Å². The minimum Gasteiger partial charge on any atom is -0.497 e. The lowest BCUT2D eigenvalue weighted by atomic mass is 10.1. The molecule has 3 rings (SSSR count). The molecule has 3 aromatic rings. The molecule has 0 aliphatic rings. The van der Waals surface area contributed by atoms with E-state index in [1.807, 2.05) is 30.3 Å². The Labute approximate surface area is 182 Å². The molecule has 0 atom stereocenters. The van der Waals surface area contributed by atoms with Crippen molar-refractivity contribution >= 4 is 27.3 Å². The van der Waals surface area contributed by atoms with Crippen LogP contribution in [0.3, 0.4) is 0 Å². The molecule has 0 fully saturated rings. The SMILES string of the molecule is COc1ccc(N(CC(=O)N/N=C(/C)c2ccccc2)S(=O)(=O)c2ccccc2)cc1. The number of carbonyl (C=O) groups is 1. The molecule has 160 valence electrons. The third kappa shape index (κ3) is 5.49. The molecule has 31 heavy (non-hydrogen) atoms. The highest BCUT2D eigenvalue weighted by Gasteiger charge is 2.27. The summed E-state index contributed by atoms with van der Waals surface area (Å²) in [6.45, 7) is 1.33. The molecular weight excluding hydrogens is 414 g/mol. The first-order valence-corrected chi connectivity index (χ1v) is 11.0. The molecule has 0 spiro atoms. The van der Waals surface area contributed by atoms with E-state index < -0.39 is 22.5 Å². The van der Waals surface area contributed by atoms with Crippen LogP contribution >= 0.6 is 0 Å². The van der Waals surface area contributed by atoms with Crippen LogP contribution < -0.4 is 14.5 Å². The molecule has 0 saturated carbocycles. The minimum absolute atomic E-state index is 0.0857. The molecule has 7 nitrogen and oxygen atoms in total. The third-order valence-electron chi connectivity index (χ3n) is 4.52. The number of nitrogens with one attached hydrogen (secondary N) is 1. The van der Waals surface area contributed by atoms with Gasteiger partial charge in [-0.2, -0.15) is 5.10 Å². The number of rotatable bonds is 8. The Balaban J connectivity index is 1.86. The Morgan fingerprint density at radius 1 is 0.935 bits per heavy atom. The Hall–Kier alpha value is -3.65. The molecule has 3 aromatic carbocycles. The molecular formula is C23H23N3O4S. The highest BCUT2D eigenvalue weighted by Crippen LogP contribution is 2.25. The first-order valence-electron chi connectivity index (χ1n) is 9.52. The van der Waals surface area contributed by atoms with Crippen LogP contribution in [0.15, 0.2) is 94.9 Å². The number of hydrazone groups is 1. The smallest absolute Gasteiger partial charge is 0.264 e. The van der Waals surface area contributed by atoms with E-state index in [-0.39, 0.29) is 4.90 Å². The average molecular weight is 438 g/mol. The lowest BCUT2D eigenvalue weighted by Gasteiger charge is -2.24. The fraction of sp³-hybridized carbons (Fsp3) is 0.130. The largest absolute Gasteiger partial charge is 0.497 e. The summed E-state index contributed by atoms with van der Waals surface area (Å²) < 4.78 is 32.7. The second-order valence-electron chi connectivity index (χ2n) is 6.62. The van der Waals surface area contributed by atoms with E-state index >= 15 is 0 Å². The number of sulfonamides is 1. The summed E-state index contributed by atoms with van der Waals surface area (Å²) >= 11 is 0. The van der Waals surface area contributed by atoms with Gasteiger partial charge in [0.1, 0.15) is 12.3 Å². The maximum absolute atomic E-state index is 13.3. The molecule has 0 aromatic heterocycles. The first kappa shape index (κ1) is 22.0. The molecule has 8 heteroatoms. The Morgan fingerprint density at radius 3 is 2.10 bits per heavy atom. The lowest BCUT2D eigenvalue weighted by Crippen LogP contribution is -2.39. The number of hydrogen-bond donors (Lipinski definition) is 1. The van der Waals surface area contributed by atoms with Crippen molar-refractivity contribution in [2.45, 2.75) is 11.8 Å². The van der Waals surface area contributed by atoms with E-state index in [9.17, 15) is 13.2 Å². The van der Waals surface area contributed by atoms with E-state index in [4.69, 9.17) is 4.74 Å². The number of anilines is 1. The number of benzene rings is 3. The molecule has 0 aliphatic carbocycles. The van der Waals surface area contributed by atoms with Gasteiger partial charge in [-0.25, -0.2) is 13.8 Å². The number of amides is 1. The monoisotopic (exact) mass is 437 g/mol. The van der Waals surface area contributed by atoms with Crippen LogP contribution in [0.4, 0.5) is 5.69 Å². The first-order chi connectivity index (χ1) is 14.9. The molecule has 0 saturated heterocycles. The van der Waals surface area contributed by atoms with E-state index in [1.165, 1.54) is 19.2 Å². The molecule has 0 unspecified atom stereocenters. The van der Waals surface area contributed by atoms with Gasteiger partial charge >= 0.3 is 0 Å². The van der Waals surface area contributed by atoms with Gasteiger partial charge in [0.05, 0.1) is 23.4 Å². The van der Waals surface area contributed by atoms with Crippen LogP contribution in [0.1, 0.15) is 12.5 Å².